The van der Waals surface area contributed by atoms with Gasteiger partial charge >= 0.3 is 0 Å². The molecule has 0 spiro atoms. The van der Waals surface area contributed by atoms with E-state index < -0.39 is 11.6 Å². The summed E-state index contributed by atoms with van der Waals surface area (Å²) in [6.07, 6.45) is 0.378. The fraction of sp³-hybridized carbons (Fsp3) is 0.333. The lowest BCUT2D eigenvalue weighted by Crippen LogP contribution is -2.52. The van der Waals surface area contributed by atoms with Crippen molar-refractivity contribution in [1.29, 1.82) is 0 Å². The standard InChI is InChI=1S/C21H23FN2O2/c22-21(20(26)23-16-18-9-5-2-6-10-18)11-13-24(14-12-21)19(25)15-17-7-3-1-4-8-17/h1-10H,11-16H2,(H,23,26). The SMILES string of the molecule is O=C(Cc1ccccc1)N1CCC(F)(C(=O)NCc2ccccc2)CC1. The molecule has 3 rings (SSSR count). The molecule has 1 N–H and O–H groups in total. The summed E-state index contributed by atoms with van der Waals surface area (Å²) in [5.74, 6) is -0.612. The molecule has 0 aliphatic carbocycles. The van der Waals surface area contributed by atoms with Gasteiger partial charge in [-0.3, -0.25) is 9.59 Å². The van der Waals surface area contributed by atoms with Crippen molar-refractivity contribution in [3.8, 4) is 0 Å². The Hall–Kier alpha value is -2.69. The van der Waals surface area contributed by atoms with Crippen molar-refractivity contribution in [2.24, 2.45) is 0 Å². The highest BCUT2D eigenvalue weighted by Crippen LogP contribution is 2.27. The molecule has 26 heavy (non-hydrogen) atoms. The number of amides is 2. The topological polar surface area (TPSA) is 49.4 Å². The molecule has 0 atom stereocenters. The summed E-state index contributed by atoms with van der Waals surface area (Å²) >= 11 is 0. The molecule has 1 saturated heterocycles. The largest absolute Gasteiger partial charge is 0.349 e. The highest BCUT2D eigenvalue weighted by Gasteiger charge is 2.42. The monoisotopic (exact) mass is 354 g/mol. The third-order valence-electron chi connectivity index (χ3n) is 4.81. The number of carbonyl (C=O) groups is 2. The first-order valence-electron chi connectivity index (χ1n) is 8.90. The molecule has 1 fully saturated rings. The van der Waals surface area contributed by atoms with Crippen LogP contribution in [-0.4, -0.2) is 35.5 Å². The van der Waals surface area contributed by atoms with Gasteiger partial charge in [0.05, 0.1) is 6.42 Å². The Morgan fingerprint density at radius 1 is 0.923 bits per heavy atom. The lowest BCUT2D eigenvalue weighted by molar-refractivity contribution is -0.142. The van der Waals surface area contributed by atoms with Crippen molar-refractivity contribution in [3.05, 3.63) is 71.8 Å². The lowest BCUT2D eigenvalue weighted by atomic mass is 9.92. The molecule has 136 valence electrons. The minimum Gasteiger partial charge on any atom is -0.349 e. The molecule has 0 radical (unpaired) electrons. The minimum atomic E-state index is -1.90. The number of halogens is 1. The van der Waals surface area contributed by atoms with E-state index in [0.717, 1.165) is 11.1 Å². The highest BCUT2D eigenvalue weighted by molar-refractivity contribution is 5.86. The van der Waals surface area contributed by atoms with E-state index in [1.807, 2.05) is 60.7 Å². The van der Waals surface area contributed by atoms with Crippen LogP contribution in [0.1, 0.15) is 24.0 Å². The summed E-state index contributed by atoms with van der Waals surface area (Å²) in [6.45, 7) is 0.837. The van der Waals surface area contributed by atoms with Crippen LogP contribution in [0.25, 0.3) is 0 Å². The summed E-state index contributed by atoms with van der Waals surface area (Å²) in [5, 5.41) is 2.68. The van der Waals surface area contributed by atoms with Crippen LogP contribution in [-0.2, 0) is 22.6 Å². The average molecular weight is 354 g/mol. The van der Waals surface area contributed by atoms with Crippen LogP contribution in [0.15, 0.2) is 60.7 Å². The smallest absolute Gasteiger partial charge is 0.258 e. The minimum absolute atomic E-state index is 0.0251. The lowest BCUT2D eigenvalue weighted by Gasteiger charge is -2.35. The van der Waals surface area contributed by atoms with Crippen molar-refractivity contribution >= 4 is 11.8 Å². The Balaban J connectivity index is 1.50. The van der Waals surface area contributed by atoms with Crippen LogP contribution in [0.4, 0.5) is 4.39 Å². The van der Waals surface area contributed by atoms with Crippen molar-refractivity contribution in [3.63, 3.8) is 0 Å². The molecular weight excluding hydrogens is 331 g/mol. The molecule has 4 nitrogen and oxygen atoms in total. The molecule has 2 aromatic carbocycles. The summed E-state index contributed by atoms with van der Waals surface area (Å²) in [4.78, 5) is 26.3. The summed E-state index contributed by atoms with van der Waals surface area (Å²) < 4.78 is 15.0. The predicted octanol–water partition coefficient (Wildman–Crippen LogP) is 2.88. The number of rotatable bonds is 5. The van der Waals surface area contributed by atoms with Crippen LogP contribution >= 0.6 is 0 Å². The Morgan fingerprint density at radius 3 is 2.04 bits per heavy atom. The molecule has 5 heteroatoms. The predicted molar refractivity (Wildman–Crippen MR) is 98.1 cm³/mol. The fourth-order valence-corrected chi connectivity index (χ4v) is 3.16. The Kier molecular flexibility index (Phi) is 5.66. The van der Waals surface area contributed by atoms with Gasteiger partial charge in [0.25, 0.3) is 5.91 Å². The normalized spacial score (nSPS) is 16.1. The van der Waals surface area contributed by atoms with Gasteiger partial charge in [0.15, 0.2) is 5.67 Å². The number of nitrogens with zero attached hydrogens (tertiary/aromatic N) is 1. The Bertz CT molecular complexity index is 741. The fourth-order valence-electron chi connectivity index (χ4n) is 3.16. The van der Waals surface area contributed by atoms with Crippen LogP contribution in [0.5, 0.6) is 0 Å². The number of hydrogen-bond donors (Lipinski definition) is 1. The molecule has 1 aliphatic heterocycles. The molecule has 1 aliphatic rings. The third-order valence-corrected chi connectivity index (χ3v) is 4.81. The molecule has 0 aromatic heterocycles. The van der Waals surface area contributed by atoms with Crippen LogP contribution in [0, 0.1) is 0 Å². The van der Waals surface area contributed by atoms with Gasteiger partial charge in [-0.1, -0.05) is 60.7 Å². The highest BCUT2D eigenvalue weighted by atomic mass is 19.1. The van der Waals surface area contributed by atoms with Crippen LogP contribution < -0.4 is 5.32 Å². The first kappa shape index (κ1) is 18.1. The van der Waals surface area contributed by atoms with E-state index in [9.17, 15) is 14.0 Å². The second kappa shape index (κ2) is 8.13. The quantitative estimate of drug-likeness (QED) is 0.898. The van der Waals surface area contributed by atoms with Crippen LogP contribution in [0.3, 0.4) is 0 Å². The maximum atomic E-state index is 15.0. The number of piperidine rings is 1. The van der Waals surface area contributed by atoms with Gasteiger partial charge in [-0.15, -0.1) is 0 Å². The second-order valence-corrected chi connectivity index (χ2v) is 6.68. The zero-order chi connectivity index (χ0) is 18.4. The van der Waals surface area contributed by atoms with Gasteiger partial charge in [-0.25, -0.2) is 4.39 Å². The van der Waals surface area contributed by atoms with Crippen molar-refractivity contribution in [1.82, 2.24) is 10.2 Å². The first-order valence-corrected chi connectivity index (χ1v) is 8.90. The molecule has 1 heterocycles. The Morgan fingerprint density at radius 2 is 1.46 bits per heavy atom. The number of carbonyl (C=O) groups excluding carboxylic acids is 2. The molecule has 0 unspecified atom stereocenters. The van der Waals surface area contributed by atoms with Gasteiger partial charge in [-0.2, -0.15) is 0 Å². The number of hydrogen-bond acceptors (Lipinski definition) is 2. The zero-order valence-corrected chi connectivity index (χ0v) is 14.7. The van der Waals surface area contributed by atoms with Crippen molar-refractivity contribution in [2.75, 3.05) is 13.1 Å². The first-order chi connectivity index (χ1) is 12.6. The van der Waals surface area contributed by atoms with Gasteiger partial charge in [0, 0.05) is 32.5 Å². The van der Waals surface area contributed by atoms with Crippen LogP contribution in [0.2, 0.25) is 0 Å². The maximum absolute atomic E-state index is 15.0. The number of benzene rings is 2. The van der Waals surface area contributed by atoms with E-state index in [1.165, 1.54) is 0 Å². The number of alkyl halides is 1. The second-order valence-electron chi connectivity index (χ2n) is 6.68. The number of nitrogens with one attached hydrogen (secondary N) is 1. The van der Waals surface area contributed by atoms with Crippen molar-refractivity contribution in [2.45, 2.75) is 31.5 Å². The van der Waals surface area contributed by atoms with E-state index in [-0.39, 0.29) is 31.8 Å². The molecule has 2 amide bonds. The van der Waals surface area contributed by atoms with Gasteiger partial charge in [-0.05, 0) is 11.1 Å². The maximum Gasteiger partial charge on any atom is 0.258 e. The third kappa shape index (κ3) is 4.48. The van der Waals surface area contributed by atoms with E-state index >= 15 is 0 Å². The van der Waals surface area contributed by atoms with E-state index in [1.54, 1.807) is 4.90 Å². The Labute approximate surface area is 153 Å². The molecule has 0 bridgehead atoms. The van der Waals surface area contributed by atoms with Gasteiger partial charge < -0.3 is 10.2 Å². The average Bonchev–Trinajstić information content (AvgIpc) is 2.68. The molecular formula is C21H23FN2O2. The summed E-state index contributed by atoms with van der Waals surface area (Å²) in [5.41, 5.74) is -0.0340. The summed E-state index contributed by atoms with van der Waals surface area (Å²) in [7, 11) is 0. The molecule has 0 saturated carbocycles. The zero-order valence-electron chi connectivity index (χ0n) is 14.7. The number of likely N-dealkylation sites (tertiary alicyclic amines) is 1. The van der Waals surface area contributed by atoms with Crippen molar-refractivity contribution < 1.29 is 14.0 Å². The molecule has 2 aromatic rings. The summed E-state index contributed by atoms with van der Waals surface area (Å²) in [6, 6.07) is 18.9. The van der Waals surface area contributed by atoms with E-state index in [4.69, 9.17) is 0 Å². The van der Waals surface area contributed by atoms with Gasteiger partial charge in [0.2, 0.25) is 5.91 Å². The van der Waals surface area contributed by atoms with Gasteiger partial charge in [0.1, 0.15) is 0 Å². The van der Waals surface area contributed by atoms with E-state index in [0.29, 0.717) is 13.0 Å². The van der Waals surface area contributed by atoms with E-state index in [2.05, 4.69) is 5.32 Å².